The van der Waals surface area contributed by atoms with Gasteiger partial charge in [0.15, 0.2) is 11.5 Å². The van der Waals surface area contributed by atoms with Gasteiger partial charge in [-0.3, -0.25) is 0 Å². The van der Waals surface area contributed by atoms with Gasteiger partial charge in [0.1, 0.15) is 36.5 Å². The Morgan fingerprint density at radius 2 is 0.803 bits per heavy atom. The zero-order chi connectivity index (χ0) is 53.8. The molecule has 0 radical (unpaired) electrons. The lowest BCUT2D eigenvalue weighted by molar-refractivity contribution is 0.0536. The van der Waals surface area contributed by atoms with Gasteiger partial charge in [-0.05, 0) is 85.5 Å². The standard InChI is InChI=1S/C66H107N3O7/c1-4-7-10-13-16-19-22-25-28-31-34-37-48-72-64-51-57(55-75-62-46-42-59(43-47-62)69-53-63(67-68-69)58-40-44-61(45-41-58)76-56-60(71)54-70)52-65(73-49-38-35-32-29-26-23-20-17-14-11-8-5-2)66(64)74-50-39-36-33-30-27-24-21-18-15-12-9-6-3/h40-47,51-53,60,70-71H,4-39,48-50,54-56H2,1-3H3. The number of aliphatic hydroxyl groups excluding tert-OH is 2. The first-order valence-electron chi connectivity index (χ1n) is 31.3. The van der Waals surface area contributed by atoms with Gasteiger partial charge in [-0.1, -0.05) is 238 Å². The summed E-state index contributed by atoms with van der Waals surface area (Å²) in [6, 6.07) is 19.5. The summed E-state index contributed by atoms with van der Waals surface area (Å²) in [5.74, 6) is 3.60. The second-order valence-corrected chi connectivity index (χ2v) is 21.6. The van der Waals surface area contributed by atoms with Crippen molar-refractivity contribution < 1.29 is 33.9 Å². The molecule has 0 saturated heterocycles. The SMILES string of the molecule is CCCCCCCCCCCCCCOc1cc(COc2ccc(-n3cc(-c4ccc(OCC(O)CO)cc4)nn3)cc2)cc(OCCCCCCCCCCCCCC)c1OCCCCCCCCCCCCCC. The molecule has 76 heavy (non-hydrogen) atoms. The Bertz CT molecular complexity index is 1900. The monoisotopic (exact) mass is 1050 g/mol. The Hall–Kier alpha value is -4.28. The van der Waals surface area contributed by atoms with Crippen LogP contribution in [-0.4, -0.2) is 64.3 Å². The molecule has 0 bridgehead atoms. The van der Waals surface area contributed by atoms with Crippen LogP contribution in [0.15, 0.2) is 66.9 Å². The van der Waals surface area contributed by atoms with E-state index in [4.69, 9.17) is 28.8 Å². The van der Waals surface area contributed by atoms with E-state index in [-0.39, 0.29) is 13.2 Å². The van der Waals surface area contributed by atoms with E-state index in [0.29, 0.717) is 32.2 Å². The Morgan fingerprint density at radius 1 is 0.434 bits per heavy atom. The van der Waals surface area contributed by atoms with E-state index < -0.39 is 6.10 Å². The topological polar surface area (TPSA) is 117 Å². The molecule has 1 atom stereocenters. The number of rotatable bonds is 51. The van der Waals surface area contributed by atoms with Gasteiger partial charge in [0.25, 0.3) is 0 Å². The van der Waals surface area contributed by atoms with Gasteiger partial charge in [0.05, 0.1) is 38.3 Å². The summed E-state index contributed by atoms with van der Waals surface area (Å²) < 4.78 is 33.8. The van der Waals surface area contributed by atoms with Crippen LogP contribution in [0.5, 0.6) is 28.7 Å². The summed E-state index contributed by atoms with van der Waals surface area (Å²) in [6.45, 7) is 8.85. The molecule has 0 fully saturated rings. The molecule has 4 rings (SSSR count). The van der Waals surface area contributed by atoms with E-state index in [9.17, 15) is 5.11 Å². The molecule has 3 aromatic carbocycles. The molecule has 1 unspecified atom stereocenters. The van der Waals surface area contributed by atoms with Crippen molar-refractivity contribution in [2.75, 3.05) is 33.0 Å². The van der Waals surface area contributed by atoms with Crippen molar-refractivity contribution in [3.8, 4) is 45.7 Å². The fourth-order valence-electron chi connectivity index (χ4n) is 9.79. The first kappa shape index (κ1) is 64.2. The summed E-state index contributed by atoms with van der Waals surface area (Å²) in [7, 11) is 0. The van der Waals surface area contributed by atoms with Crippen LogP contribution >= 0.6 is 0 Å². The number of benzene rings is 3. The van der Waals surface area contributed by atoms with Crippen molar-refractivity contribution in [1.82, 2.24) is 15.0 Å². The van der Waals surface area contributed by atoms with Crippen LogP contribution in [0.4, 0.5) is 0 Å². The zero-order valence-corrected chi connectivity index (χ0v) is 48.4. The molecule has 0 aliphatic rings. The quantitative estimate of drug-likeness (QED) is 0.0417. The van der Waals surface area contributed by atoms with Crippen molar-refractivity contribution in [1.29, 1.82) is 0 Å². The molecular weight excluding hydrogens is 947 g/mol. The minimum absolute atomic E-state index is 0.0243. The Kier molecular flexibility index (Phi) is 36.9. The fraction of sp³-hybridized carbons (Fsp3) is 0.697. The van der Waals surface area contributed by atoms with E-state index >= 15 is 0 Å². The van der Waals surface area contributed by atoms with Crippen LogP contribution < -0.4 is 23.7 Å². The molecule has 428 valence electrons. The molecule has 4 aromatic rings. The Morgan fingerprint density at radius 3 is 1.21 bits per heavy atom. The van der Waals surface area contributed by atoms with Gasteiger partial charge in [-0.25, -0.2) is 4.68 Å². The lowest BCUT2D eigenvalue weighted by Crippen LogP contribution is -2.21. The maximum Gasteiger partial charge on any atom is 0.203 e. The van der Waals surface area contributed by atoms with Crippen LogP contribution in [0.3, 0.4) is 0 Å². The highest BCUT2D eigenvalue weighted by atomic mass is 16.5. The van der Waals surface area contributed by atoms with Gasteiger partial charge in [-0.2, -0.15) is 0 Å². The maximum absolute atomic E-state index is 9.62. The lowest BCUT2D eigenvalue weighted by atomic mass is 10.1. The molecule has 10 nitrogen and oxygen atoms in total. The molecule has 0 amide bonds. The molecule has 0 spiro atoms. The smallest absolute Gasteiger partial charge is 0.203 e. The van der Waals surface area contributed by atoms with Crippen molar-refractivity contribution >= 4 is 0 Å². The lowest BCUT2D eigenvalue weighted by Gasteiger charge is -2.19. The summed E-state index contributed by atoms with van der Waals surface area (Å²) >= 11 is 0. The Balaban J connectivity index is 1.37. The minimum atomic E-state index is -0.918. The largest absolute Gasteiger partial charge is 0.491 e. The number of unbranched alkanes of at least 4 members (excludes halogenated alkanes) is 33. The molecule has 10 heteroatoms. The van der Waals surface area contributed by atoms with Crippen LogP contribution in [0.2, 0.25) is 0 Å². The highest BCUT2D eigenvalue weighted by Crippen LogP contribution is 2.40. The van der Waals surface area contributed by atoms with Gasteiger partial charge in [-0.15, -0.1) is 5.10 Å². The number of hydrogen-bond acceptors (Lipinski definition) is 9. The van der Waals surface area contributed by atoms with Gasteiger partial charge >= 0.3 is 0 Å². The molecule has 2 N–H and O–H groups in total. The Labute approximate surface area is 462 Å². The van der Waals surface area contributed by atoms with Crippen LogP contribution in [0, 0.1) is 0 Å². The van der Waals surface area contributed by atoms with Crippen molar-refractivity contribution in [2.24, 2.45) is 0 Å². The average molecular weight is 1050 g/mol. The summed E-state index contributed by atoms with van der Waals surface area (Å²) in [5.41, 5.74) is 3.45. The van der Waals surface area contributed by atoms with Gasteiger partial charge in [0, 0.05) is 5.56 Å². The van der Waals surface area contributed by atoms with Crippen molar-refractivity contribution in [2.45, 2.75) is 265 Å². The predicted molar refractivity (Wildman–Crippen MR) is 316 cm³/mol. The number of nitrogens with zero attached hydrogens (tertiary/aromatic N) is 3. The third kappa shape index (κ3) is 29.5. The molecule has 0 aliphatic heterocycles. The van der Waals surface area contributed by atoms with Crippen molar-refractivity contribution in [3.05, 3.63) is 72.4 Å². The molecule has 0 aliphatic carbocycles. The zero-order valence-electron chi connectivity index (χ0n) is 48.4. The average Bonchev–Trinajstić information content (AvgIpc) is 3.95. The summed E-state index contributed by atoms with van der Waals surface area (Å²) in [5, 5.41) is 27.5. The van der Waals surface area contributed by atoms with Gasteiger partial charge in [0.2, 0.25) is 5.75 Å². The third-order valence-corrected chi connectivity index (χ3v) is 14.6. The van der Waals surface area contributed by atoms with Crippen LogP contribution in [0.1, 0.15) is 257 Å². The highest BCUT2D eigenvalue weighted by Gasteiger charge is 2.17. The molecule has 1 aromatic heterocycles. The van der Waals surface area contributed by atoms with E-state index in [1.54, 1.807) is 4.68 Å². The van der Waals surface area contributed by atoms with E-state index in [2.05, 4.69) is 43.2 Å². The minimum Gasteiger partial charge on any atom is -0.491 e. The number of aliphatic hydroxyl groups is 2. The van der Waals surface area contributed by atoms with Crippen LogP contribution in [-0.2, 0) is 6.61 Å². The van der Waals surface area contributed by atoms with Gasteiger partial charge < -0.3 is 33.9 Å². The van der Waals surface area contributed by atoms with E-state index in [1.807, 2.05) is 54.7 Å². The highest BCUT2D eigenvalue weighted by molar-refractivity contribution is 5.59. The third-order valence-electron chi connectivity index (χ3n) is 14.6. The summed E-state index contributed by atoms with van der Waals surface area (Å²) in [4.78, 5) is 0. The number of hydrogen-bond donors (Lipinski definition) is 2. The van der Waals surface area contributed by atoms with E-state index in [0.717, 1.165) is 64.8 Å². The number of ether oxygens (including phenoxy) is 5. The van der Waals surface area contributed by atoms with E-state index in [1.165, 1.54) is 212 Å². The van der Waals surface area contributed by atoms with Crippen molar-refractivity contribution in [3.63, 3.8) is 0 Å². The second kappa shape index (κ2) is 43.7. The molecular formula is C66H107N3O7. The molecule has 1 heterocycles. The normalized spacial score (nSPS) is 11.8. The predicted octanol–water partition coefficient (Wildman–Crippen LogP) is 18.5. The second-order valence-electron chi connectivity index (χ2n) is 21.6. The first-order chi connectivity index (χ1) is 37.5. The number of aromatic nitrogens is 3. The molecule has 0 saturated carbocycles. The van der Waals surface area contributed by atoms with Crippen LogP contribution in [0.25, 0.3) is 16.9 Å². The summed E-state index contributed by atoms with van der Waals surface area (Å²) in [6.07, 6.45) is 48.1. The maximum atomic E-state index is 9.62. The first-order valence-corrected chi connectivity index (χ1v) is 31.3. The fourth-order valence-corrected chi connectivity index (χ4v) is 9.79.